The zero-order valence-electron chi connectivity index (χ0n) is 14.5. The molecule has 0 radical (unpaired) electrons. The molecule has 0 unspecified atom stereocenters. The van der Waals surface area contributed by atoms with Gasteiger partial charge in [0.1, 0.15) is 9.96 Å². The number of carbonyl (C=O) groups excluding carboxylic acids is 1. The smallest absolute Gasteiger partial charge is 0.417 e. The Balaban J connectivity index is 1.59. The van der Waals surface area contributed by atoms with Crippen molar-refractivity contribution in [3.8, 4) is 5.75 Å². The normalized spacial score (nSPS) is 11.4. The van der Waals surface area contributed by atoms with E-state index in [0.717, 1.165) is 11.3 Å². The average molecular weight is 431 g/mol. The van der Waals surface area contributed by atoms with Crippen LogP contribution >= 0.6 is 11.3 Å². The molecular formula is C18H13N3O6S2. The van der Waals surface area contributed by atoms with Gasteiger partial charge < -0.3 is 14.8 Å². The van der Waals surface area contributed by atoms with Gasteiger partial charge in [0.15, 0.2) is 5.58 Å². The molecule has 2 aromatic carbocycles. The minimum Gasteiger partial charge on any atom is -0.507 e. The monoisotopic (exact) mass is 431 g/mol. The molecule has 0 fully saturated rings. The Morgan fingerprint density at radius 1 is 1.10 bits per heavy atom. The summed E-state index contributed by atoms with van der Waals surface area (Å²) >= 11 is 1.06. The van der Waals surface area contributed by atoms with Gasteiger partial charge in [-0.3, -0.25) is 14.5 Å². The molecule has 0 aliphatic rings. The number of H-pyrrole nitrogens is 1. The van der Waals surface area contributed by atoms with E-state index in [1.54, 1.807) is 11.4 Å². The number of hydrogen-bond donors (Lipinski definition) is 4. The molecule has 0 bridgehead atoms. The summed E-state index contributed by atoms with van der Waals surface area (Å²) in [7, 11) is -3.80. The molecular weight excluding hydrogens is 418 g/mol. The first-order valence-electron chi connectivity index (χ1n) is 8.15. The lowest BCUT2D eigenvalue weighted by Gasteiger charge is -2.10. The number of aromatic hydroxyl groups is 1. The van der Waals surface area contributed by atoms with Gasteiger partial charge in [-0.05, 0) is 47.8 Å². The summed E-state index contributed by atoms with van der Waals surface area (Å²) in [4.78, 5) is 26.3. The van der Waals surface area contributed by atoms with E-state index in [2.05, 4.69) is 15.0 Å². The number of sulfonamides is 1. The third-order valence-corrected chi connectivity index (χ3v) is 6.71. The molecule has 0 atom stereocenters. The predicted octanol–water partition coefficient (Wildman–Crippen LogP) is 2.94. The predicted molar refractivity (Wildman–Crippen MR) is 108 cm³/mol. The number of thiophene rings is 1. The molecule has 11 heteroatoms. The summed E-state index contributed by atoms with van der Waals surface area (Å²) in [6, 6.07) is 11.4. The fourth-order valence-electron chi connectivity index (χ4n) is 2.63. The van der Waals surface area contributed by atoms with Crippen molar-refractivity contribution < 1.29 is 22.7 Å². The zero-order valence-corrected chi connectivity index (χ0v) is 16.1. The van der Waals surface area contributed by atoms with E-state index in [4.69, 9.17) is 4.42 Å². The van der Waals surface area contributed by atoms with Crippen LogP contribution in [0.1, 0.15) is 10.4 Å². The quantitative estimate of drug-likeness (QED) is 0.358. The van der Waals surface area contributed by atoms with Crippen LogP contribution in [0.3, 0.4) is 0 Å². The second kappa shape index (κ2) is 7.11. The lowest BCUT2D eigenvalue weighted by atomic mass is 10.1. The second-order valence-electron chi connectivity index (χ2n) is 5.95. The van der Waals surface area contributed by atoms with E-state index in [-0.39, 0.29) is 21.2 Å². The molecule has 4 rings (SSSR count). The van der Waals surface area contributed by atoms with E-state index in [1.165, 1.54) is 42.5 Å². The number of hydrogen-bond acceptors (Lipinski definition) is 7. The highest BCUT2D eigenvalue weighted by atomic mass is 32.2. The number of carbonyl (C=O) groups is 1. The standard InChI is InChI=1S/C18H13N3O6S2/c22-14-5-3-11(21-29(25,26)16-2-1-7-28-16)8-12(14)17(23)19-10-4-6-15-13(9-10)20-18(24)27-15/h1-9,21-22H,(H,19,23)(H,20,24). The highest BCUT2D eigenvalue weighted by molar-refractivity contribution is 7.94. The van der Waals surface area contributed by atoms with Crippen LogP contribution < -0.4 is 15.8 Å². The van der Waals surface area contributed by atoms with Crippen molar-refractivity contribution in [1.29, 1.82) is 0 Å². The molecule has 1 amide bonds. The molecule has 29 heavy (non-hydrogen) atoms. The van der Waals surface area contributed by atoms with Crippen molar-refractivity contribution in [3.63, 3.8) is 0 Å². The minimum absolute atomic E-state index is 0.121. The van der Waals surface area contributed by atoms with Crippen LogP contribution in [0.5, 0.6) is 5.75 Å². The Labute approximate surface area is 167 Å². The molecule has 0 aliphatic carbocycles. The van der Waals surface area contributed by atoms with Gasteiger partial charge in [0.05, 0.1) is 11.1 Å². The fourth-order valence-corrected chi connectivity index (χ4v) is 4.67. The molecule has 0 spiro atoms. The Bertz CT molecular complexity index is 1370. The number of fused-ring (bicyclic) bond motifs is 1. The SMILES string of the molecule is O=C(Nc1ccc2oc(=O)[nH]c2c1)c1cc(NS(=O)(=O)c2cccs2)ccc1O. The lowest BCUT2D eigenvalue weighted by molar-refractivity contribution is 0.102. The zero-order chi connectivity index (χ0) is 20.6. The number of aromatic amines is 1. The van der Waals surface area contributed by atoms with E-state index in [1.807, 2.05) is 0 Å². The van der Waals surface area contributed by atoms with Gasteiger partial charge >= 0.3 is 5.76 Å². The van der Waals surface area contributed by atoms with Crippen molar-refractivity contribution in [2.24, 2.45) is 0 Å². The third-order valence-electron chi connectivity index (χ3n) is 3.93. The minimum atomic E-state index is -3.80. The Kier molecular flexibility index (Phi) is 4.60. The van der Waals surface area contributed by atoms with Crippen LogP contribution in [0.25, 0.3) is 11.1 Å². The Hall–Kier alpha value is -3.57. The van der Waals surface area contributed by atoms with Crippen molar-refractivity contribution in [2.45, 2.75) is 4.21 Å². The first kappa shape index (κ1) is 18.8. The van der Waals surface area contributed by atoms with Crippen molar-refractivity contribution >= 4 is 49.7 Å². The van der Waals surface area contributed by atoms with Crippen molar-refractivity contribution in [3.05, 3.63) is 70.0 Å². The van der Waals surface area contributed by atoms with Crippen molar-refractivity contribution in [2.75, 3.05) is 10.0 Å². The average Bonchev–Trinajstić information content (AvgIpc) is 3.32. The number of rotatable bonds is 5. The van der Waals surface area contributed by atoms with E-state index < -0.39 is 21.7 Å². The van der Waals surface area contributed by atoms with Gasteiger partial charge in [-0.15, -0.1) is 11.3 Å². The summed E-state index contributed by atoms with van der Waals surface area (Å²) in [5.41, 5.74) is 1.08. The number of oxazole rings is 1. The fraction of sp³-hybridized carbons (Fsp3) is 0. The Morgan fingerprint density at radius 2 is 1.90 bits per heavy atom. The highest BCUT2D eigenvalue weighted by Gasteiger charge is 2.18. The summed E-state index contributed by atoms with van der Waals surface area (Å²) in [5.74, 6) is -1.60. The van der Waals surface area contributed by atoms with Gasteiger partial charge in [-0.2, -0.15) is 0 Å². The van der Waals surface area contributed by atoms with Crippen LogP contribution in [0.4, 0.5) is 11.4 Å². The Morgan fingerprint density at radius 3 is 2.66 bits per heavy atom. The summed E-state index contributed by atoms with van der Waals surface area (Å²) in [6.45, 7) is 0. The molecule has 4 N–H and O–H groups in total. The number of anilines is 2. The molecule has 148 valence electrons. The molecule has 0 saturated carbocycles. The van der Waals surface area contributed by atoms with Crippen molar-refractivity contribution in [1.82, 2.24) is 4.98 Å². The molecule has 0 aliphatic heterocycles. The molecule has 0 saturated heterocycles. The maximum atomic E-state index is 12.6. The van der Waals surface area contributed by atoms with Gasteiger partial charge in [0.25, 0.3) is 15.9 Å². The van der Waals surface area contributed by atoms with Crippen LogP contribution in [-0.2, 0) is 10.0 Å². The molecule has 2 aromatic heterocycles. The number of amides is 1. The number of nitrogens with one attached hydrogen (secondary N) is 3. The summed E-state index contributed by atoms with van der Waals surface area (Å²) < 4.78 is 32.1. The number of phenolic OH excluding ortho intramolecular Hbond substituents is 1. The van der Waals surface area contributed by atoms with Gasteiger partial charge in [-0.25, -0.2) is 13.2 Å². The van der Waals surface area contributed by atoms with Crippen LogP contribution in [0.15, 0.2) is 67.3 Å². The van der Waals surface area contributed by atoms with Gasteiger partial charge in [-0.1, -0.05) is 6.07 Å². The van der Waals surface area contributed by atoms with Crippen LogP contribution in [0, 0.1) is 0 Å². The number of benzene rings is 2. The number of aromatic nitrogens is 1. The topological polar surface area (TPSA) is 141 Å². The van der Waals surface area contributed by atoms with Crippen LogP contribution in [-0.4, -0.2) is 24.4 Å². The van der Waals surface area contributed by atoms with Gasteiger partial charge in [0.2, 0.25) is 0 Å². The maximum absolute atomic E-state index is 12.6. The molecule has 2 heterocycles. The number of phenols is 1. The molecule has 4 aromatic rings. The first-order valence-corrected chi connectivity index (χ1v) is 10.5. The van der Waals surface area contributed by atoms with E-state index in [9.17, 15) is 23.1 Å². The second-order valence-corrected chi connectivity index (χ2v) is 8.81. The third kappa shape index (κ3) is 3.86. The highest BCUT2D eigenvalue weighted by Crippen LogP contribution is 2.26. The van der Waals surface area contributed by atoms with Crippen LogP contribution in [0.2, 0.25) is 0 Å². The van der Waals surface area contributed by atoms with Gasteiger partial charge in [0, 0.05) is 11.4 Å². The van der Waals surface area contributed by atoms with E-state index >= 15 is 0 Å². The first-order chi connectivity index (χ1) is 13.8. The van der Waals surface area contributed by atoms with E-state index in [0.29, 0.717) is 16.8 Å². The lowest BCUT2D eigenvalue weighted by Crippen LogP contribution is -2.14. The largest absolute Gasteiger partial charge is 0.507 e. The molecule has 9 nitrogen and oxygen atoms in total. The summed E-state index contributed by atoms with van der Waals surface area (Å²) in [5, 5.41) is 14.3. The summed E-state index contributed by atoms with van der Waals surface area (Å²) in [6.07, 6.45) is 0. The maximum Gasteiger partial charge on any atom is 0.417 e.